The minimum absolute atomic E-state index is 0.364. The normalized spacial score (nSPS) is 32.1. The maximum atomic E-state index is 12.9. The summed E-state index contributed by atoms with van der Waals surface area (Å²) in [6, 6.07) is 8.18. The summed E-state index contributed by atoms with van der Waals surface area (Å²) in [5, 5.41) is 0. The zero-order valence-electron chi connectivity index (χ0n) is 14.7. The van der Waals surface area contributed by atoms with Crippen molar-refractivity contribution >= 4 is 5.91 Å². The number of nitrogens with zero attached hydrogens (tertiary/aromatic N) is 1. The largest absolute Gasteiger partial charge is 0.493 e. The molecular weight excluding hydrogens is 298 g/mol. The lowest BCUT2D eigenvalue weighted by atomic mass is 9.98. The lowest BCUT2D eigenvalue weighted by Crippen LogP contribution is -2.42. The van der Waals surface area contributed by atoms with E-state index < -0.39 is 0 Å². The number of ether oxygens (including phenoxy) is 1. The highest BCUT2D eigenvalue weighted by Gasteiger charge is 2.55. The van der Waals surface area contributed by atoms with Crippen LogP contribution in [0.25, 0.3) is 0 Å². The van der Waals surface area contributed by atoms with Crippen molar-refractivity contribution in [1.82, 2.24) is 4.90 Å². The molecule has 0 aromatic heterocycles. The van der Waals surface area contributed by atoms with Crippen molar-refractivity contribution in [2.24, 2.45) is 23.7 Å². The van der Waals surface area contributed by atoms with Gasteiger partial charge < -0.3 is 9.64 Å². The number of amides is 1. The van der Waals surface area contributed by atoms with Crippen LogP contribution in [-0.2, 0) is 4.79 Å². The van der Waals surface area contributed by atoms with E-state index in [-0.39, 0.29) is 0 Å². The molecule has 0 radical (unpaired) electrons. The summed E-state index contributed by atoms with van der Waals surface area (Å²) in [5.74, 6) is 3.71. The summed E-state index contributed by atoms with van der Waals surface area (Å²) in [4.78, 5) is 15.0. The van der Waals surface area contributed by atoms with Crippen LogP contribution < -0.4 is 4.74 Å². The number of rotatable bonds is 4. The molecule has 3 fully saturated rings. The molecule has 2 aliphatic carbocycles. The minimum atomic E-state index is 0.364. The molecule has 4 rings (SSSR count). The number of fused-ring (bicyclic) bond motifs is 1. The summed E-state index contributed by atoms with van der Waals surface area (Å²) in [7, 11) is 0. The molecule has 3 heteroatoms. The zero-order valence-corrected chi connectivity index (χ0v) is 14.7. The Morgan fingerprint density at radius 3 is 2.62 bits per heavy atom. The van der Waals surface area contributed by atoms with E-state index in [4.69, 9.17) is 4.74 Å². The van der Waals surface area contributed by atoms with Gasteiger partial charge in [0.25, 0.3) is 0 Å². The Hall–Kier alpha value is -1.51. The molecule has 1 aromatic carbocycles. The minimum Gasteiger partial charge on any atom is -0.493 e. The van der Waals surface area contributed by atoms with Crippen molar-refractivity contribution in [3.63, 3.8) is 0 Å². The molecule has 1 saturated heterocycles. The number of hydrogen-bond donors (Lipinski definition) is 0. The first kappa shape index (κ1) is 16.0. The van der Waals surface area contributed by atoms with E-state index in [1.165, 1.54) is 37.7 Å². The maximum absolute atomic E-state index is 12.9. The number of benzene rings is 1. The molecule has 3 atom stereocenters. The first-order valence-electron chi connectivity index (χ1n) is 9.71. The van der Waals surface area contributed by atoms with Gasteiger partial charge in [0.15, 0.2) is 0 Å². The topological polar surface area (TPSA) is 29.5 Å². The van der Waals surface area contributed by atoms with Crippen LogP contribution in [0.5, 0.6) is 5.75 Å². The quantitative estimate of drug-likeness (QED) is 0.835. The molecule has 2 saturated carbocycles. The van der Waals surface area contributed by atoms with Gasteiger partial charge in [-0.2, -0.15) is 0 Å². The number of piperidine rings is 1. The van der Waals surface area contributed by atoms with Crippen molar-refractivity contribution in [1.29, 1.82) is 0 Å². The molecule has 24 heavy (non-hydrogen) atoms. The SMILES string of the molecule is Cc1ccccc1OCC1CCCN(C(=O)C2C3CCCCC32)C1. The van der Waals surface area contributed by atoms with Crippen molar-refractivity contribution < 1.29 is 9.53 Å². The van der Waals surface area contributed by atoms with Gasteiger partial charge in [-0.15, -0.1) is 0 Å². The Morgan fingerprint density at radius 1 is 1.12 bits per heavy atom. The summed E-state index contributed by atoms with van der Waals surface area (Å²) in [6.45, 7) is 4.66. The van der Waals surface area contributed by atoms with E-state index in [0.717, 1.165) is 43.7 Å². The number of carbonyl (C=O) groups excluding carboxylic acids is 1. The van der Waals surface area contributed by atoms with Crippen molar-refractivity contribution in [2.45, 2.75) is 45.4 Å². The highest BCUT2D eigenvalue weighted by atomic mass is 16.5. The third-order valence-electron chi connectivity index (χ3n) is 6.34. The highest BCUT2D eigenvalue weighted by molar-refractivity contribution is 5.82. The number of para-hydroxylation sites is 1. The second-order valence-corrected chi connectivity index (χ2v) is 8.01. The van der Waals surface area contributed by atoms with Gasteiger partial charge in [-0.05, 0) is 56.1 Å². The van der Waals surface area contributed by atoms with E-state index in [1.807, 2.05) is 18.2 Å². The highest BCUT2D eigenvalue weighted by Crippen LogP contribution is 2.56. The summed E-state index contributed by atoms with van der Waals surface area (Å²) >= 11 is 0. The predicted octanol–water partition coefficient (Wildman–Crippen LogP) is 4.05. The van der Waals surface area contributed by atoms with Crippen LogP contribution in [0.4, 0.5) is 0 Å². The third kappa shape index (κ3) is 3.18. The van der Waals surface area contributed by atoms with E-state index in [0.29, 0.717) is 17.7 Å². The third-order valence-corrected chi connectivity index (χ3v) is 6.34. The van der Waals surface area contributed by atoms with Gasteiger partial charge in [-0.1, -0.05) is 31.0 Å². The summed E-state index contributed by atoms with van der Waals surface area (Å²) in [6.07, 6.45) is 7.53. The molecule has 130 valence electrons. The Morgan fingerprint density at radius 2 is 1.88 bits per heavy atom. The Kier molecular flexibility index (Phi) is 4.51. The fraction of sp³-hybridized carbons (Fsp3) is 0.667. The van der Waals surface area contributed by atoms with Crippen LogP contribution in [0.15, 0.2) is 24.3 Å². The van der Waals surface area contributed by atoms with Crippen LogP contribution in [0.3, 0.4) is 0 Å². The number of aryl methyl sites for hydroxylation is 1. The fourth-order valence-corrected chi connectivity index (χ4v) is 4.90. The lowest BCUT2D eigenvalue weighted by molar-refractivity contribution is -0.135. The predicted molar refractivity (Wildman–Crippen MR) is 94.9 cm³/mol. The Balaban J connectivity index is 1.31. The molecule has 0 bridgehead atoms. The van der Waals surface area contributed by atoms with Crippen LogP contribution >= 0.6 is 0 Å². The van der Waals surface area contributed by atoms with Crippen molar-refractivity contribution in [3.05, 3.63) is 29.8 Å². The fourth-order valence-electron chi connectivity index (χ4n) is 4.90. The molecular formula is C21H29NO2. The van der Waals surface area contributed by atoms with Gasteiger partial charge >= 0.3 is 0 Å². The van der Waals surface area contributed by atoms with Crippen LogP contribution in [-0.4, -0.2) is 30.5 Å². The first-order valence-corrected chi connectivity index (χ1v) is 9.71. The molecule has 0 N–H and O–H groups in total. The molecule has 3 unspecified atom stereocenters. The number of likely N-dealkylation sites (tertiary alicyclic amines) is 1. The first-order chi connectivity index (χ1) is 11.7. The van der Waals surface area contributed by atoms with Crippen LogP contribution in [0, 0.1) is 30.6 Å². The van der Waals surface area contributed by atoms with E-state index in [9.17, 15) is 4.79 Å². The standard InChI is InChI=1S/C21H29NO2/c1-15-7-2-5-11-19(15)24-14-16-8-6-12-22(13-16)21(23)20-17-9-3-4-10-18(17)20/h2,5,7,11,16-18,20H,3-4,6,8-10,12-14H2,1H3. The van der Waals surface area contributed by atoms with E-state index in [1.54, 1.807) is 0 Å². The van der Waals surface area contributed by atoms with Gasteiger partial charge in [0.2, 0.25) is 5.91 Å². The van der Waals surface area contributed by atoms with E-state index >= 15 is 0 Å². The number of hydrogen-bond acceptors (Lipinski definition) is 2. The summed E-state index contributed by atoms with van der Waals surface area (Å²) < 4.78 is 6.04. The molecule has 1 aliphatic heterocycles. The second kappa shape index (κ2) is 6.78. The van der Waals surface area contributed by atoms with Crippen molar-refractivity contribution in [2.75, 3.05) is 19.7 Å². The molecule has 1 aromatic rings. The maximum Gasteiger partial charge on any atom is 0.226 e. The summed E-state index contributed by atoms with van der Waals surface area (Å²) in [5.41, 5.74) is 1.18. The van der Waals surface area contributed by atoms with Gasteiger partial charge in [-0.3, -0.25) is 4.79 Å². The Bertz CT molecular complexity index is 587. The van der Waals surface area contributed by atoms with Gasteiger partial charge in [-0.25, -0.2) is 0 Å². The van der Waals surface area contributed by atoms with E-state index in [2.05, 4.69) is 17.9 Å². The molecule has 1 heterocycles. The number of carbonyl (C=O) groups is 1. The monoisotopic (exact) mass is 327 g/mol. The average molecular weight is 327 g/mol. The van der Waals surface area contributed by atoms with Gasteiger partial charge in [0.1, 0.15) is 5.75 Å². The molecule has 1 amide bonds. The molecule has 3 aliphatic rings. The average Bonchev–Trinajstić information content (AvgIpc) is 3.35. The van der Waals surface area contributed by atoms with Crippen LogP contribution in [0.1, 0.15) is 44.1 Å². The molecule has 3 nitrogen and oxygen atoms in total. The van der Waals surface area contributed by atoms with Crippen molar-refractivity contribution in [3.8, 4) is 5.75 Å². The van der Waals surface area contributed by atoms with Crippen LogP contribution in [0.2, 0.25) is 0 Å². The van der Waals surface area contributed by atoms with Gasteiger partial charge in [0, 0.05) is 24.9 Å². The Labute approximate surface area is 145 Å². The molecule has 0 spiro atoms. The lowest BCUT2D eigenvalue weighted by Gasteiger charge is -2.33. The zero-order chi connectivity index (χ0) is 16.5. The van der Waals surface area contributed by atoms with Gasteiger partial charge in [0.05, 0.1) is 6.61 Å². The smallest absolute Gasteiger partial charge is 0.226 e. The second-order valence-electron chi connectivity index (χ2n) is 8.01.